The molecule has 2 N–H and O–H groups in total. The number of hydrogen-bond acceptors (Lipinski definition) is 5. The summed E-state index contributed by atoms with van der Waals surface area (Å²) in [4.78, 5) is 7.58. The van der Waals surface area contributed by atoms with Gasteiger partial charge in [0.05, 0.1) is 11.0 Å². The topological polar surface area (TPSA) is 79.6 Å². The third-order valence-corrected chi connectivity index (χ3v) is 3.04. The highest BCUT2D eigenvalue weighted by Gasteiger charge is 2.12. The monoisotopic (exact) mass is 277 g/mol. The number of hydrogen-bond donors (Lipinski definition) is 2. The fourth-order valence-corrected chi connectivity index (χ4v) is 2.07. The molecular formula is C15H11N5O. The maximum atomic E-state index is 5.58. The smallest absolute Gasteiger partial charge is 0.320 e. The van der Waals surface area contributed by atoms with Gasteiger partial charge in [-0.1, -0.05) is 35.4 Å². The Labute approximate surface area is 119 Å². The number of nitrogens with zero attached hydrogens (tertiary/aromatic N) is 3. The van der Waals surface area contributed by atoms with Gasteiger partial charge in [-0.3, -0.25) is 0 Å². The molecule has 0 radical (unpaired) electrons. The van der Waals surface area contributed by atoms with E-state index in [4.69, 9.17) is 4.42 Å². The SMILES string of the molecule is c1ccc(Nc2nnc(-c3nc4ccccc4[nH]3)o2)cc1. The highest BCUT2D eigenvalue weighted by molar-refractivity contribution is 5.77. The van der Waals surface area contributed by atoms with Crippen LogP contribution in [0, 0.1) is 0 Å². The van der Waals surface area contributed by atoms with Gasteiger partial charge in [-0.25, -0.2) is 4.98 Å². The predicted molar refractivity (Wildman–Crippen MR) is 79.1 cm³/mol. The van der Waals surface area contributed by atoms with Gasteiger partial charge in [0.2, 0.25) is 0 Å². The number of rotatable bonds is 3. The van der Waals surface area contributed by atoms with E-state index in [1.165, 1.54) is 0 Å². The molecule has 2 aromatic heterocycles. The van der Waals surface area contributed by atoms with Gasteiger partial charge in [0.25, 0.3) is 5.89 Å². The molecule has 102 valence electrons. The first kappa shape index (κ1) is 11.7. The van der Waals surface area contributed by atoms with E-state index in [1.807, 2.05) is 54.6 Å². The summed E-state index contributed by atoms with van der Waals surface area (Å²) in [5.74, 6) is 0.912. The number of para-hydroxylation sites is 3. The van der Waals surface area contributed by atoms with Gasteiger partial charge in [-0.15, -0.1) is 5.10 Å². The van der Waals surface area contributed by atoms with Gasteiger partial charge in [-0.2, -0.15) is 0 Å². The molecule has 0 amide bonds. The average molecular weight is 277 g/mol. The normalized spacial score (nSPS) is 10.9. The molecule has 0 aliphatic heterocycles. The lowest BCUT2D eigenvalue weighted by atomic mass is 10.3. The summed E-state index contributed by atoms with van der Waals surface area (Å²) in [5, 5.41) is 11.0. The maximum absolute atomic E-state index is 5.58. The van der Waals surface area contributed by atoms with Crippen molar-refractivity contribution in [2.24, 2.45) is 0 Å². The van der Waals surface area contributed by atoms with E-state index in [1.54, 1.807) is 0 Å². The molecule has 4 rings (SSSR count). The summed E-state index contributed by atoms with van der Waals surface area (Å²) in [6.45, 7) is 0. The molecular weight excluding hydrogens is 266 g/mol. The van der Waals surface area contributed by atoms with Gasteiger partial charge in [0.1, 0.15) is 0 Å². The molecule has 0 aliphatic carbocycles. The number of H-pyrrole nitrogens is 1. The van der Waals surface area contributed by atoms with Crippen LogP contribution in [0.1, 0.15) is 0 Å². The van der Waals surface area contributed by atoms with Crippen molar-refractivity contribution < 1.29 is 4.42 Å². The van der Waals surface area contributed by atoms with E-state index in [9.17, 15) is 0 Å². The zero-order valence-electron chi connectivity index (χ0n) is 10.9. The second-order valence-electron chi connectivity index (χ2n) is 4.51. The fraction of sp³-hybridized carbons (Fsp3) is 0. The van der Waals surface area contributed by atoms with Crippen molar-refractivity contribution >= 4 is 22.7 Å². The lowest BCUT2D eigenvalue weighted by molar-refractivity contribution is 0.583. The Morgan fingerprint density at radius 2 is 1.71 bits per heavy atom. The Kier molecular flexibility index (Phi) is 2.64. The van der Waals surface area contributed by atoms with Crippen molar-refractivity contribution in [2.45, 2.75) is 0 Å². The van der Waals surface area contributed by atoms with Gasteiger partial charge >= 0.3 is 6.01 Å². The van der Waals surface area contributed by atoms with Gasteiger partial charge in [0.15, 0.2) is 5.82 Å². The van der Waals surface area contributed by atoms with E-state index in [0.29, 0.717) is 17.7 Å². The van der Waals surface area contributed by atoms with E-state index in [2.05, 4.69) is 25.5 Å². The average Bonchev–Trinajstić information content (AvgIpc) is 3.14. The van der Waals surface area contributed by atoms with E-state index >= 15 is 0 Å². The summed E-state index contributed by atoms with van der Waals surface area (Å²) in [6, 6.07) is 17.7. The first-order chi connectivity index (χ1) is 10.4. The molecule has 2 aromatic carbocycles. The van der Waals surface area contributed by atoms with E-state index < -0.39 is 0 Å². The number of anilines is 2. The quantitative estimate of drug-likeness (QED) is 0.600. The molecule has 0 saturated carbocycles. The van der Waals surface area contributed by atoms with Crippen LogP contribution < -0.4 is 5.32 Å². The van der Waals surface area contributed by atoms with Gasteiger partial charge in [0, 0.05) is 5.69 Å². The molecule has 0 saturated heterocycles. The minimum absolute atomic E-state index is 0.330. The van der Waals surface area contributed by atoms with Crippen LogP contribution >= 0.6 is 0 Å². The molecule has 0 bridgehead atoms. The van der Waals surface area contributed by atoms with Crippen molar-refractivity contribution in [3.8, 4) is 11.7 Å². The molecule has 0 aliphatic rings. The van der Waals surface area contributed by atoms with Crippen LogP contribution in [0.25, 0.3) is 22.7 Å². The molecule has 0 spiro atoms. The van der Waals surface area contributed by atoms with Crippen molar-refractivity contribution in [2.75, 3.05) is 5.32 Å². The zero-order chi connectivity index (χ0) is 14.1. The summed E-state index contributed by atoms with van der Waals surface area (Å²) in [7, 11) is 0. The van der Waals surface area contributed by atoms with Crippen LogP contribution in [0.5, 0.6) is 0 Å². The molecule has 2 heterocycles. The van der Waals surface area contributed by atoms with Crippen molar-refractivity contribution in [3.63, 3.8) is 0 Å². The zero-order valence-corrected chi connectivity index (χ0v) is 10.9. The Morgan fingerprint density at radius 1 is 0.905 bits per heavy atom. The first-order valence-corrected chi connectivity index (χ1v) is 6.49. The number of aromatic nitrogens is 4. The Balaban J connectivity index is 1.64. The summed E-state index contributed by atoms with van der Waals surface area (Å²) in [5.41, 5.74) is 2.68. The third-order valence-electron chi connectivity index (χ3n) is 3.04. The lowest BCUT2D eigenvalue weighted by Gasteiger charge is -1.98. The number of fused-ring (bicyclic) bond motifs is 1. The molecule has 0 fully saturated rings. The molecule has 6 nitrogen and oxygen atoms in total. The highest BCUT2D eigenvalue weighted by Crippen LogP contribution is 2.22. The van der Waals surface area contributed by atoms with Crippen LogP contribution in [0.15, 0.2) is 59.0 Å². The second kappa shape index (κ2) is 4.75. The Bertz CT molecular complexity index is 848. The number of nitrogens with one attached hydrogen (secondary N) is 2. The molecule has 6 heteroatoms. The fourth-order valence-electron chi connectivity index (χ4n) is 2.07. The second-order valence-corrected chi connectivity index (χ2v) is 4.51. The van der Waals surface area contributed by atoms with Gasteiger partial charge < -0.3 is 14.7 Å². The van der Waals surface area contributed by atoms with Crippen LogP contribution in [-0.2, 0) is 0 Å². The van der Waals surface area contributed by atoms with Crippen LogP contribution in [0.2, 0.25) is 0 Å². The van der Waals surface area contributed by atoms with Crippen molar-refractivity contribution in [3.05, 3.63) is 54.6 Å². The summed E-state index contributed by atoms with van der Waals surface area (Å²) in [6.07, 6.45) is 0. The minimum Gasteiger partial charge on any atom is -0.400 e. The van der Waals surface area contributed by atoms with Crippen molar-refractivity contribution in [1.29, 1.82) is 0 Å². The van der Waals surface area contributed by atoms with Crippen LogP contribution in [0.3, 0.4) is 0 Å². The summed E-state index contributed by atoms with van der Waals surface area (Å²) < 4.78 is 5.58. The summed E-state index contributed by atoms with van der Waals surface area (Å²) >= 11 is 0. The predicted octanol–water partition coefficient (Wildman–Crippen LogP) is 3.36. The Morgan fingerprint density at radius 3 is 2.57 bits per heavy atom. The number of imidazole rings is 1. The van der Waals surface area contributed by atoms with E-state index in [0.717, 1.165) is 16.7 Å². The lowest BCUT2D eigenvalue weighted by Crippen LogP contribution is -1.88. The first-order valence-electron chi connectivity index (χ1n) is 6.49. The largest absolute Gasteiger partial charge is 0.400 e. The van der Waals surface area contributed by atoms with Crippen LogP contribution in [-0.4, -0.2) is 20.2 Å². The number of aromatic amines is 1. The third kappa shape index (κ3) is 2.23. The van der Waals surface area contributed by atoms with Crippen LogP contribution in [0.4, 0.5) is 11.7 Å². The standard InChI is InChI=1S/C15H11N5O/c1-2-6-10(7-3-1)16-15-20-19-14(21-15)13-17-11-8-4-5-9-12(11)18-13/h1-9H,(H,16,20)(H,17,18). The minimum atomic E-state index is 0.330. The molecule has 0 unspecified atom stereocenters. The van der Waals surface area contributed by atoms with Crippen molar-refractivity contribution in [1.82, 2.24) is 20.2 Å². The maximum Gasteiger partial charge on any atom is 0.320 e. The van der Waals surface area contributed by atoms with E-state index in [-0.39, 0.29) is 0 Å². The van der Waals surface area contributed by atoms with Gasteiger partial charge in [-0.05, 0) is 24.3 Å². The molecule has 4 aromatic rings. The number of benzene rings is 2. The molecule has 0 atom stereocenters. The highest BCUT2D eigenvalue weighted by atomic mass is 16.4. The Hall–Kier alpha value is -3.15. The molecule has 21 heavy (non-hydrogen) atoms.